The standard InChI is InChI=1S/C22H23NO5/c1-26-17-8-4-15(5-9-17)19-11-6-16(7-13-22(24)25)23(19)20-12-10-18(27-2)14-21(20)28-3/h4-6,8-12,14H,7,13H2,1-3H3,(H,24,25)/p-1. The van der Waals surface area contributed by atoms with E-state index < -0.39 is 5.97 Å². The van der Waals surface area contributed by atoms with Gasteiger partial charge in [0, 0.05) is 17.7 Å². The number of rotatable bonds is 8. The summed E-state index contributed by atoms with van der Waals surface area (Å²) in [7, 11) is 4.81. The quantitative estimate of drug-likeness (QED) is 0.601. The Morgan fingerprint density at radius 2 is 1.57 bits per heavy atom. The van der Waals surface area contributed by atoms with Crippen LogP contribution in [0, 0.1) is 0 Å². The molecule has 0 spiro atoms. The Balaban J connectivity index is 2.15. The molecule has 0 saturated carbocycles. The number of aliphatic carboxylic acids is 1. The Kier molecular flexibility index (Phi) is 5.89. The highest BCUT2D eigenvalue weighted by molar-refractivity contribution is 5.68. The summed E-state index contributed by atoms with van der Waals surface area (Å²) >= 11 is 0. The van der Waals surface area contributed by atoms with E-state index in [9.17, 15) is 9.90 Å². The molecule has 0 bridgehead atoms. The Morgan fingerprint density at radius 3 is 2.18 bits per heavy atom. The molecule has 6 heteroatoms. The van der Waals surface area contributed by atoms with Crippen molar-refractivity contribution >= 4 is 5.97 Å². The molecule has 6 nitrogen and oxygen atoms in total. The summed E-state index contributed by atoms with van der Waals surface area (Å²) in [5.41, 5.74) is 3.53. The molecule has 2 aromatic carbocycles. The molecular formula is C22H22NO5-. The van der Waals surface area contributed by atoms with Gasteiger partial charge >= 0.3 is 0 Å². The Labute approximate surface area is 163 Å². The maximum atomic E-state index is 11.0. The van der Waals surface area contributed by atoms with Gasteiger partial charge in [-0.15, -0.1) is 0 Å². The molecule has 0 atom stereocenters. The molecule has 0 aliphatic carbocycles. The van der Waals surface area contributed by atoms with Crippen molar-refractivity contribution in [1.82, 2.24) is 4.57 Å². The van der Waals surface area contributed by atoms with Crippen LogP contribution in [0.15, 0.2) is 54.6 Å². The van der Waals surface area contributed by atoms with Crippen LogP contribution in [0.25, 0.3) is 16.9 Å². The fourth-order valence-corrected chi connectivity index (χ4v) is 3.15. The van der Waals surface area contributed by atoms with Crippen LogP contribution in [-0.4, -0.2) is 31.9 Å². The molecule has 0 unspecified atom stereocenters. The smallest absolute Gasteiger partial charge is 0.146 e. The molecule has 0 saturated heterocycles. The minimum absolute atomic E-state index is 0.0649. The van der Waals surface area contributed by atoms with Crippen molar-refractivity contribution in [3.8, 4) is 34.2 Å². The van der Waals surface area contributed by atoms with E-state index in [1.54, 1.807) is 27.4 Å². The van der Waals surface area contributed by atoms with E-state index in [1.165, 1.54) is 0 Å². The first-order valence-corrected chi connectivity index (χ1v) is 8.84. The van der Waals surface area contributed by atoms with E-state index in [-0.39, 0.29) is 6.42 Å². The fourth-order valence-electron chi connectivity index (χ4n) is 3.15. The van der Waals surface area contributed by atoms with Gasteiger partial charge in [-0.05, 0) is 66.9 Å². The van der Waals surface area contributed by atoms with E-state index in [1.807, 2.05) is 53.1 Å². The Bertz CT molecular complexity index is 960. The number of methoxy groups -OCH3 is 3. The summed E-state index contributed by atoms with van der Waals surface area (Å²) in [4.78, 5) is 11.0. The SMILES string of the molecule is COc1ccc(-c2ccc(CCC(=O)[O-])n2-c2ccc(OC)cc2OC)cc1. The average Bonchev–Trinajstić information content (AvgIpc) is 3.15. The second-order valence-electron chi connectivity index (χ2n) is 6.18. The first-order chi connectivity index (χ1) is 13.6. The van der Waals surface area contributed by atoms with Crippen LogP contribution < -0.4 is 19.3 Å². The highest BCUT2D eigenvalue weighted by atomic mass is 16.5. The summed E-state index contributed by atoms with van der Waals surface area (Å²) in [6, 6.07) is 17.1. The largest absolute Gasteiger partial charge is 0.550 e. The predicted molar refractivity (Wildman–Crippen MR) is 104 cm³/mol. The van der Waals surface area contributed by atoms with E-state index in [2.05, 4.69) is 0 Å². The lowest BCUT2D eigenvalue weighted by Crippen LogP contribution is -2.22. The third-order valence-electron chi connectivity index (χ3n) is 4.56. The van der Waals surface area contributed by atoms with Gasteiger partial charge in [0.1, 0.15) is 17.2 Å². The predicted octanol–water partition coefficient (Wildman–Crippen LogP) is 2.85. The van der Waals surface area contributed by atoms with Gasteiger partial charge in [0.05, 0.1) is 32.7 Å². The van der Waals surface area contributed by atoms with Gasteiger partial charge in [-0.2, -0.15) is 0 Å². The summed E-state index contributed by atoms with van der Waals surface area (Å²) in [6.45, 7) is 0. The minimum Gasteiger partial charge on any atom is -0.550 e. The maximum Gasteiger partial charge on any atom is 0.146 e. The zero-order valence-electron chi connectivity index (χ0n) is 16.1. The van der Waals surface area contributed by atoms with Gasteiger partial charge in [0.2, 0.25) is 0 Å². The molecule has 0 amide bonds. The Hall–Kier alpha value is -3.41. The first kappa shape index (κ1) is 19.4. The molecule has 0 N–H and O–H groups in total. The molecule has 3 aromatic rings. The number of nitrogens with zero attached hydrogens (tertiary/aromatic N) is 1. The number of carbonyl (C=O) groups excluding carboxylic acids is 1. The third-order valence-corrected chi connectivity index (χ3v) is 4.56. The molecule has 1 heterocycles. The van der Waals surface area contributed by atoms with Gasteiger partial charge in [-0.25, -0.2) is 0 Å². The topological polar surface area (TPSA) is 72.8 Å². The lowest BCUT2D eigenvalue weighted by atomic mass is 10.1. The average molecular weight is 380 g/mol. The van der Waals surface area contributed by atoms with Gasteiger partial charge in [-0.3, -0.25) is 0 Å². The van der Waals surface area contributed by atoms with Gasteiger partial charge in [-0.1, -0.05) is 0 Å². The molecule has 0 radical (unpaired) electrons. The van der Waals surface area contributed by atoms with Gasteiger partial charge in [0.25, 0.3) is 0 Å². The fraction of sp³-hybridized carbons (Fsp3) is 0.227. The van der Waals surface area contributed by atoms with E-state index in [0.29, 0.717) is 17.9 Å². The van der Waals surface area contributed by atoms with Crippen molar-refractivity contribution in [2.24, 2.45) is 0 Å². The van der Waals surface area contributed by atoms with Crippen LogP contribution in [0.1, 0.15) is 12.1 Å². The number of carboxylic acids is 1. The molecule has 3 rings (SSSR count). The van der Waals surface area contributed by atoms with E-state index >= 15 is 0 Å². The van der Waals surface area contributed by atoms with Crippen LogP contribution in [-0.2, 0) is 11.2 Å². The second-order valence-corrected chi connectivity index (χ2v) is 6.18. The number of carboxylic acid groups (broad SMARTS) is 1. The minimum atomic E-state index is -1.08. The van der Waals surface area contributed by atoms with Crippen molar-refractivity contribution in [3.63, 3.8) is 0 Å². The number of aryl methyl sites for hydroxylation is 1. The monoisotopic (exact) mass is 380 g/mol. The zero-order valence-corrected chi connectivity index (χ0v) is 16.1. The highest BCUT2D eigenvalue weighted by Gasteiger charge is 2.16. The lowest BCUT2D eigenvalue weighted by molar-refractivity contribution is -0.305. The number of carbonyl (C=O) groups is 1. The summed E-state index contributed by atoms with van der Waals surface area (Å²) in [5, 5.41) is 11.0. The highest BCUT2D eigenvalue weighted by Crippen LogP contribution is 2.34. The van der Waals surface area contributed by atoms with E-state index in [4.69, 9.17) is 14.2 Å². The van der Waals surface area contributed by atoms with Crippen molar-refractivity contribution in [2.45, 2.75) is 12.8 Å². The molecule has 0 aliphatic rings. The first-order valence-electron chi connectivity index (χ1n) is 8.84. The normalized spacial score (nSPS) is 10.5. The van der Waals surface area contributed by atoms with Crippen molar-refractivity contribution in [3.05, 3.63) is 60.3 Å². The summed E-state index contributed by atoms with van der Waals surface area (Å²) in [5.74, 6) is 0.983. The number of benzene rings is 2. The molecular weight excluding hydrogens is 358 g/mol. The van der Waals surface area contributed by atoms with Gasteiger partial charge in [0.15, 0.2) is 0 Å². The van der Waals surface area contributed by atoms with Crippen LogP contribution >= 0.6 is 0 Å². The number of hydrogen-bond acceptors (Lipinski definition) is 5. The van der Waals surface area contributed by atoms with Crippen molar-refractivity contribution in [2.75, 3.05) is 21.3 Å². The number of aromatic nitrogens is 1. The molecule has 0 aliphatic heterocycles. The molecule has 146 valence electrons. The number of hydrogen-bond donors (Lipinski definition) is 0. The van der Waals surface area contributed by atoms with Crippen LogP contribution in [0.4, 0.5) is 0 Å². The lowest BCUT2D eigenvalue weighted by Gasteiger charge is -2.18. The molecule has 28 heavy (non-hydrogen) atoms. The van der Waals surface area contributed by atoms with E-state index in [0.717, 1.165) is 28.4 Å². The molecule has 0 fully saturated rings. The van der Waals surface area contributed by atoms with Crippen LogP contribution in [0.3, 0.4) is 0 Å². The maximum absolute atomic E-state index is 11.0. The van der Waals surface area contributed by atoms with Crippen molar-refractivity contribution < 1.29 is 24.1 Å². The van der Waals surface area contributed by atoms with Crippen LogP contribution in [0.2, 0.25) is 0 Å². The molecule has 1 aromatic heterocycles. The summed E-state index contributed by atoms with van der Waals surface area (Å²) < 4.78 is 18.1. The summed E-state index contributed by atoms with van der Waals surface area (Å²) in [6.07, 6.45) is 0.276. The van der Waals surface area contributed by atoms with Crippen LogP contribution in [0.5, 0.6) is 17.2 Å². The third kappa shape index (κ3) is 3.96. The zero-order chi connectivity index (χ0) is 20.1. The van der Waals surface area contributed by atoms with Crippen molar-refractivity contribution in [1.29, 1.82) is 0 Å². The second kappa shape index (κ2) is 8.52. The van der Waals surface area contributed by atoms with Gasteiger partial charge < -0.3 is 28.7 Å². The number of ether oxygens (including phenoxy) is 3. The Morgan fingerprint density at radius 1 is 0.893 bits per heavy atom.